The molecule has 97 heavy (non-hydrogen) atoms. The van der Waals surface area contributed by atoms with Gasteiger partial charge in [-0.25, -0.2) is 0 Å². The van der Waals surface area contributed by atoms with Crippen molar-refractivity contribution in [3.8, 4) is 77.9 Å². The first-order valence-corrected chi connectivity index (χ1v) is 35.8. The number of nitrogens with zero attached hydrogens (tertiary/aromatic N) is 6. The van der Waals surface area contributed by atoms with Crippen LogP contribution >= 0.6 is 23.5 Å². The van der Waals surface area contributed by atoms with Crippen LogP contribution in [0.4, 0.5) is 0 Å². The molecule has 10 aromatic rings. The number of hydrogen-bond donors (Lipinski definition) is 0. The average molecular weight is 1340 g/mol. The molecule has 506 valence electrons. The number of benzene rings is 8. The minimum atomic E-state index is -0.335. The van der Waals surface area contributed by atoms with Crippen molar-refractivity contribution in [3.05, 3.63) is 179 Å². The van der Waals surface area contributed by atoms with Crippen LogP contribution in [0.1, 0.15) is 71.9 Å². The summed E-state index contributed by atoms with van der Waals surface area (Å²) in [5, 5.41) is 0. The molecular weight excluding hydrogens is 1250 g/mol. The summed E-state index contributed by atoms with van der Waals surface area (Å²) in [5.41, 5.74) is 27.1. The van der Waals surface area contributed by atoms with Crippen molar-refractivity contribution in [3.63, 3.8) is 0 Å². The highest BCUT2D eigenvalue weighted by Gasteiger charge is 2.47. The van der Waals surface area contributed by atoms with E-state index in [4.69, 9.17) is 55.4 Å². The molecule has 0 aliphatic heterocycles. The van der Waals surface area contributed by atoms with Crippen LogP contribution in [0.25, 0.3) is 100.0 Å². The lowest BCUT2D eigenvalue weighted by molar-refractivity contribution is -0.873. The first-order valence-electron chi connectivity index (χ1n) is 34.3. The first kappa shape index (κ1) is 68.5. The van der Waals surface area contributed by atoms with E-state index < -0.39 is 0 Å². The van der Waals surface area contributed by atoms with Crippen molar-refractivity contribution in [2.75, 3.05) is 163 Å². The van der Waals surface area contributed by atoms with Crippen LogP contribution < -0.4 is 0 Å². The number of aromatic nitrogens is 4. The molecule has 0 radical (unpaired) electrons. The quantitative estimate of drug-likeness (QED) is 0.0282. The number of fused-ring (bicyclic) bond motifs is 11. The molecule has 14 nitrogen and oxygen atoms in total. The maximum absolute atomic E-state index is 6.25. The van der Waals surface area contributed by atoms with Crippen LogP contribution in [-0.4, -0.2) is 190 Å². The van der Waals surface area contributed by atoms with Gasteiger partial charge < -0.3 is 46.9 Å². The second kappa shape index (κ2) is 29.4. The molecule has 0 saturated heterocycles. The molecule has 0 unspecified atom stereocenters. The summed E-state index contributed by atoms with van der Waals surface area (Å²) in [6.07, 6.45) is 5.13. The Morgan fingerprint density at radius 2 is 0.526 bits per heavy atom. The van der Waals surface area contributed by atoms with Crippen molar-refractivity contribution in [2.24, 2.45) is 0 Å². The molecule has 13 rings (SSSR count). The third-order valence-corrected chi connectivity index (χ3v) is 21.9. The highest BCUT2D eigenvalue weighted by molar-refractivity contribution is 7.00. The van der Waals surface area contributed by atoms with E-state index >= 15 is 0 Å². The fourth-order valence-electron chi connectivity index (χ4n) is 15.7. The molecule has 0 bridgehead atoms. The summed E-state index contributed by atoms with van der Waals surface area (Å²) in [6.45, 7) is 8.71. The van der Waals surface area contributed by atoms with Gasteiger partial charge >= 0.3 is 0 Å². The Kier molecular flexibility index (Phi) is 20.8. The zero-order valence-corrected chi connectivity index (χ0v) is 59.9. The van der Waals surface area contributed by atoms with Gasteiger partial charge in [0.05, 0.1) is 132 Å². The van der Waals surface area contributed by atoms with E-state index in [2.05, 4.69) is 188 Å². The molecule has 8 aromatic carbocycles. The lowest BCUT2D eigenvalue weighted by Gasteiger charge is -2.38. The van der Waals surface area contributed by atoms with Gasteiger partial charge in [-0.15, -0.1) is 0 Å². The highest BCUT2D eigenvalue weighted by Crippen LogP contribution is 2.58. The van der Waals surface area contributed by atoms with E-state index in [-0.39, 0.29) is 16.2 Å². The lowest BCUT2D eigenvalue weighted by Crippen LogP contribution is -2.43. The van der Waals surface area contributed by atoms with Crippen LogP contribution in [0.2, 0.25) is 0 Å². The molecule has 0 amide bonds. The maximum Gasteiger partial charge on any atom is 0.113 e. The Hall–Kier alpha value is -7.00. The molecule has 0 spiro atoms. The summed E-state index contributed by atoms with van der Waals surface area (Å²) < 4.78 is 68.7. The maximum atomic E-state index is 6.25. The fraction of sp³-hybridized carbons (Fsp3) is 0.407. The minimum absolute atomic E-state index is 0.317. The Morgan fingerprint density at radius 1 is 0.278 bits per heavy atom. The number of quaternary nitrogens is 2. The molecule has 0 saturated carbocycles. The SMILES string of the molecule is COCCOCCC1(CCOCCOC)c2ccccc2-c2ccc(-c3ccc(-c4ccc5c(c4)C(CC[N+](C)(C)C)(CC[N+](C)(C)C)c4cc(-c6ccc(-c7ccc8c(c7)C(CCOCCOC)(CCOCCOC)c7ccccc7-8)c7nsnc67)ccc4-5)c4nsnc34)cc21. The molecule has 16 heteroatoms. The van der Waals surface area contributed by atoms with Crippen molar-refractivity contribution in [1.82, 2.24) is 17.5 Å². The van der Waals surface area contributed by atoms with Gasteiger partial charge in [0.25, 0.3) is 0 Å². The van der Waals surface area contributed by atoms with E-state index in [0.717, 1.165) is 127 Å². The molecule has 3 aliphatic carbocycles. The topological polar surface area (TPSA) is 125 Å². The third-order valence-electron chi connectivity index (χ3n) is 20.8. The van der Waals surface area contributed by atoms with Gasteiger partial charge in [-0.1, -0.05) is 121 Å². The van der Waals surface area contributed by atoms with E-state index in [1.807, 2.05) is 0 Å². The molecule has 0 fully saturated rings. The number of methoxy groups -OCH3 is 4. The second-order valence-electron chi connectivity index (χ2n) is 28.6. The summed E-state index contributed by atoms with van der Waals surface area (Å²) in [7, 11) is 20.8. The normalized spacial score (nSPS) is 14.7. The van der Waals surface area contributed by atoms with Gasteiger partial charge in [0.15, 0.2) is 0 Å². The van der Waals surface area contributed by atoms with Gasteiger partial charge in [0, 0.05) is 106 Å². The van der Waals surface area contributed by atoms with Crippen molar-refractivity contribution in [2.45, 2.75) is 54.8 Å². The van der Waals surface area contributed by atoms with Gasteiger partial charge in [-0.3, -0.25) is 0 Å². The minimum Gasteiger partial charge on any atom is -0.382 e. The fourth-order valence-corrected chi connectivity index (χ4v) is 16.9. The lowest BCUT2D eigenvalue weighted by atomic mass is 9.71. The van der Waals surface area contributed by atoms with Crippen LogP contribution in [0, 0.1) is 0 Å². The van der Waals surface area contributed by atoms with E-state index in [1.165, 1.54) is 90.2 Å². The zero-order chi connectivity index (χ0) is 67.4. The number of hydrogen-bond acceptors (Lipinski definition) is 14. The van der Waals surface area contributed by atoms with E-state index in [1.54, 1.807) is 28.4 Å². The summed E-state index contributed by atoms with van der Waals surface area (Å²) in [5.74, 6) is 0. The number of ether oxygens (including phenoxy) is 8. The Morgan fingerprint density at radius 3 is 0.794 bits per heavy atom. The second-order valence-corrected chi connectivity index (χ2v) is 29.6. The smallest absolute Gasteiger partial charge is 0.113 e. The third kappa shape index (κ3) is 13.5. The predicted molar refractivity (Wildman–Crippen MR) is 393 cm³/mol. The van der Waals surface area contributed by atoms with Gasteiger partial charge in [0.1, 0.15) is 22.1 Å². The van der Waals surface area contributed by atoms with Crippen LogP contribution in [0.15, 0.2) is 146 Å². The standard InChI is InChI=1S/C81H94N6O8S2/c1-86(2,3)37-31-79(32-38-87(4,5)6)71-51-55(59-27-29-61(77-75(59)82-96-84-77)57-19-23-65-63-15-11-13-17-69(63)80(73(65)53-57,33-39-92-47-43-88-7)34-40-93-48-44-89-8)21-25-67(71)68-26-22-56(52-72(68)79)60-28-30-62(78-76(60)83-97-85-78)58-20-24-66-64-16-12-14-18-70(64)81(74(66)54-58,35-41-94-49-45-90-9)36-42-95-50-46-91-10/h11-30,51-54H,31-50H2,1-10H3/q+2. The molecule has 2 aromatic heterocycles. The predicted octanol–water partition coefficient (Wildman–Crippen LogP) is 15.6. The van der Waals surface area contributed by atoms with Crippen molar-refractivity contribution in [1.29, 1.82) is 0 Å². The number of rotatable bonds is 34. The van der Waals surface area contributed by atoms with Gasteiger partial charge in [0.2, 0.25) is 0 Å². The zero-order valence-electron chi connectivity index (χ0n) is 58.3. The summed E-state index contributed by atoms with van der Waals surface area (Å²) >= 11 is 2.57. The molecule has 0 atom stereocenters. The monoisotopic (exact) mass is 1340 g/mol. The van der Waals surface area contributed by atoms with Gasteiger partial charge in [-0.05, 0) is 139 Å². The Labute approximate surface area is 581 Å². The molecule has 0 N–H and O–H groups in total. The largest absolute Gasteiger partial charge is 0.382 e. The van der Waals surface area contributed by atoms with E-state index in [9.17, 15) is 0 Å². The van der Waals surface area contributed by atoms with Crippen molar-refractivity contribution >= 4 is 45.5 Å². The van der Waals surface area contributed by atoms with Crippen LogP contribution in [-0.2, 0) is 54.1 Å². The summed E-state index contributed by atoms with van der Waals surface area (Å²) in [6, 6.07) is 55.4. The Balaban J connectivity index is 0.872. The average Bonchev–Trinajstić information content (AvgIpc) is 1.58. The molecular formula is C81H94N6O8S2+2. The van der Waals surface area contributed by atoms with Crippen molar-refractivity contribution < 1.29 is 46.9 Å². The van der Waals surface area contributed by atoms with E-state index in [0.29, 0.717) is 79.3 Å². The molecule has 2 heterocycles. The molecule has 3 aliphatic rings. The van der Waals surface area contributed by atoms with Gasteiger partial charge in [-0.2, -0.15) is 17.5 Å². The first-order chi connectivity index (χ1) is 47.2. The Bertz CT molecular complexity index is 4110. The van der Waals surface area contributed by atoms with Crippen LogP contribution in [0.5, 0.6) is 0 Å². The highest BCUT2D eigenvalue weighted by atomic mass is 32.1. The summed E-state index contributed by atoms with van der Waals surface area (Å²) in [4.78, 5) is 0. The van der Waals surface area contributed by atoms with Crippen LogP contribution in [0.3, 0.4) is 0 Å².